The van der Waals surface area contributed by atoms with Crippen LogP contribution in [0.1, 0.15) is 27.2 Å². The number of ketones is 1. The van der Waals surface area contributed by atoms with E-state index in [1.807, 2.05) is 30.3 Å². The van der Waals surface area contributed by atoms with E-state index in [9.17, 15) is 15.0 Å². The molecule has 4 aromatic rings. The van der Waals surface area contributed by atoms with E-state index in [-0.39, 0.29) is 24.7 Å². The van der Waals surface area contributed by atoms with Crippen molar-refractivity contribution in [2.75, 3.05) is 7.11 Å². The van der Waals surface area contributed by atoms with Crippen molar-refractivity contribution in [3.05, 3.63) is 71.0 Å². The highest BCUT2D eigenvalue weighted by atomic mass is 16.5. The summed E-state index contributed by atoms with van der Waals surface area (Å²) in [5, 5.41) is 20.1. The van der Waals surface area contributed by atoms with E-state index < -0.39 is 0 Å². The van der Waals surface area contributed by atoms with Crippen molar-refractivity contribution in [2.45, 2.75) is 13.2 Å². The summed E-state index contributed by atoms with van der Waals surface area (Å²) in [6, 6.07) is 12.9. The van der Waals surface area contributed by atoms with Crippen molar-refractivity contribution >= 4 is 16.7 Å². The lowest BCUT2D eigenvalue weighted by atomic mass is 10.00. The van der Waals surface area contributed by atoms with Gasteiger partial charge in [0.1, 0.15) is 11.4 Å². The van der Waals surface area contributed by atoms with Crippen LogP contribution >= 0.6 is 0 Å². The quantitative estimate of drug-likeness (QED) is 0.386. The first-order valence-electron chi connectivity index (χ1n) is 8.74. The first-order chi connectivity index (χ1) is 13.6. The van der Waals surface area contributed by atoms with Crippen molar-refractivity contribution in [3.63, 3.8) is 0 Å². The SMILES string of the molecule is COc1cc(C(=O)c2c[nH]c(-c3cc4ccccc4[nH]3)n2)cc(CO)c1CO. The summed E-state index contributed by atoms with van der Waals surface area (Å²) in [5.74, 6) is 0.598. The largest absolute Gasteiger partial charge is 0.496 e. The molecule has 142 valence electrons. The van der Waals surface area contributed by atoms with Gasteiger partial charge in [0.25, 0.3) is 0 Å². The molecule has 2 aromatic heterocycles. The lowest BCUT2D eigenvalue weighted by molar-refractivity contribution is 0.103. The molecule has 2 heterocycles. The van der Waals surface area contributed by atoms with Gasteiger partial charge in [0.2, 0.25) is 5.78 Å². The van der Waals surface area contributed by atoms with Crippen LogP contribution in [0.15, 0.2) is 48.7 Å². The van der Waals surface area contributed by atoms with Crippen LogP contribution < -0.4 is 4.74 Å². The molecule has 0 bridgehead atoms. The van der Waals surface area contributed by atoms with Gasteiger partial charge in [-0.05, 0) is 29.8 Å². The Labute approximate surface area is 160 Å². The minimum absolute atomic E-state index is 0.247. The third-order valence-corrected chi connectivity index (χ3v) is 4.71. The second-order valence-electron chi connectivity index (χ2n) is 6.37. The number of aliphatic hydroxyl groups is 2. The van der Waals surface area contributed by atoms with Gasteiger partial charge in [-0.15, -0.1) is 0 Å². The lowest BCUT2D eigenvalue weighted by Crippen LogP contribution is -2.07. The van der Waals surface area contributed by atoms with Gasteiger partial charge < -0.3 is 24.9 Å². The molecule has 7 nitrogen and oxygen atoms in total. The zero-order valence-electron chi connectivity index (χ0n) is 15.2. The molecule has 0 aliphatic heterocycles. The number of aromatic amines is 2. The normalized spacial score (nSPS) is 11.1. The number of nitrogens with zero attached hydrogens (tertiary/aromatic N) is 1. The standard InChI is InChI=1S/C21H19N3O4/c1-28-19-8-13(6-14(10-25)15(19)11-26)20(27)18-9-22-21(24-18)17-7-12-4-2-3-5-16(12)23-17/h2-9,23,25-26H,10-11H2,1H3,(H,22,24). The van der Waals surface area contributed by atoms with E-state index in [2.05, 4.69) is 15.0 Å². The summed E-state index contributed by atoms with van der Waals surface area (Å²) in [7, 11) is 1.45. The summed E-state index contributed by atoms with van der Waals surface area (Å²) >= 11 is 0. The number of hydrogen-bond acceptors (Lipinski definition) is 5. The van der Waals surface area contributed by atoms with Gasteiger partial charge in [0.05, 0.1) is 26.0 Å². The highest BCUT2D eigenvalue weighted by Crippen LogP contribution is 2.27. The van der Waals surface area contributed by atoms with Gasteiger partial charge in [0.15, 0.2) is 5.82 Å². The van der Waals surface area contributed by atoms with E-state index in [4.69, 9.17) is 4.74 Å². The van der Waals surface area contributed by atoms with Crippen molar-refractivity contribution in [1.29, 1.82) is 0 Å². The molecule has 2 aromatic carbocycles. The maximum Gasteiger partial charge on any atom is 0.213 e. The number of fused-ring (bicyclic) bond motifs is 1. The summed E-state index contributed by atoms with van der Waals surface area (Å²) in [6.45, 7) is -0.602. The highest BCUT2D eigenvalue weighted by molar-refractivity contribution is 6.08. The number of methoxy groups -OCH3 is 1. The number of aliphatic hydroxyl groups excluding tert-OH is 2. The van der Waals surface area contributed by atoms with Gasteiger partial charge in [0, 0.05) is 28.2 Å². The Morgan fingerprint density at radius 1 is 1.14 bits per heavy atom. The molecular weight excluding hydrogens is 358 g/mol. The Hall–Kier alpha value is -3.42. The zero-order chi connectivity index (χ0) is 19.7. The van der Waals surface area contributed by atoms with Gasteiger partial charge >= 0.3 is 0 Å². The van der Waals surface area contributed by atoms with Crippen molar-refractivity contribution in [2.24, 2.45) is 0 Å². The molecule has 0 aliphatic rings. The summed E-state index contributed by atoms with van der Waals surface area (Å²) < 4.78 is 5.26. The number of carbonyl (C=O) groups excluding carboxylic acids is 1. The van der Waals surface area contributed by atoms with Crippen LogP contribution in [0, 0.1) is 0 Å². The fraction of sp³-hybridized carbons (Fsp3) is 0.143. The van der Waals surface area contributed by atoms with Crippen LogP contribution in [-0.2, 0) is 13.2 Å². The molecule has 0 amide bonds. The lowest BCUT2D eigenvalue weighted by Gasteiger charge is -2.12. The number of rotatable bonds is 6. The smallest absolute Gasteiger partial charge is 0.213 e. The highest BCUT2D eigenvalue weighted by Gasteiger charge is 2.19. The van der Waals surface area contributed by atoms with E-state index in [1.165, 1.54) is 7.11 Å². The minimum Gasteiger partial charge on any atom is -0.496 e. The zero-order valence-corrected chi connectivity index (χ0v) is 15.2. The van der Waals surface area contributed by atoms with Crippen molar-refractivity contribution < 1.29 is 19.7 Å². The van der Waals surface area contributed by atoms with Crippen LogP contribution in [-0.4, -0.2) is 38.1 Å². The van der Waals surface area contributed by atoms with Gasteiger partial charge in [-0.1, -0.05) is 18.2 Å². The minimum atomic E-state index is -0.311. The van der Waals surface area contributed by atoms with E-state index in [1.54, 1.807) is 18.3 Å². The van der Waals surface area contributed by atoms with Gasteiger partial charge in [-0.2, -0.15) is 0 Å². The predicted molar refractivity (Wildman–Crippen MR) is 104 cm³/mol. The van der Waals surface area contributed by atoms with Crippen LogP contribution in [0.5, 0.6) is 5.75 Å². The summed E-state index contributed by atoms with van der Waals surface area (Å²) in [6.07, 6.45) is 1.55. The Bertz CT molecular complexity index is 1100. The Balaban J connectivity index is 1.69. The molecule has 4 N–H and O–H groups in total. The van der Waals surface area contributed by atoms with Gasteiger partial charge in [-0.3, -0.25) is 4.79 Å². The number of para-hydroxylation sites is 1. The summed E-state index contributed by atoms with van der Waals surface area (Å²) in [5.41, 5.74) is 3.24. The molecule has 28 heavy (non-hydrogen) atoms. The van der Waals surface area contributed by atoms with Crippen LogP contribution in [0.25, 0.3) is 22.4 Å². The first kappa shape index (κ1) is 18.0. The number of carbonyl (C=O) groups is 1. The number of imidazole rings is 1. The van der Waals surface area contributed by atoms with Crippen LogP contribution in [0.4, 0.5) is 0 Å². The molecule has 7 heteroatoms. The van der Waals surface area contributed by atoms with E-state index in [0.29, 0.717) is 28.3 Å². The molecule has 0 unspecified atom stereocenters. The Morgan fingerprint density at radius 3 is 2.68 bits per heavy atom. The fourth-order valence-electron chi connectivity index (χ4n) is 3.26. The van der Waals surface area contributed by atoms with E-state index in [0.717, 1.165) is 16.6 Å². The molecule has 0 radical (unpaired) electrons. The van der Waals surface area contributed by atoms with E-state index >= 15 is 0 Å². The van der Waals surface area contributed by atoms with Crippen molar-refractivity contribution in [1.82, 2.24) is 15.0 Å². The Morgan fingerprint density at radius 2 is 1.96 bits per heavy atom. The number of hydrogen-bond donors (Lipinski definition) is 4. The molecule has 0 spiro atoms. The molecule has 0 fully saturated rings. The van der Waals surface area contributed by atoms with Crippen LogP contribution in [0.2, 0.25) is 0 Å². The topological polar surface area (TPSA) is 111 Å². The number of nitrogens with one attached hydrogen (secondary N) is 2. The first-order valence-corrected chi connectivity index (χ1v) is 8.74. The molecule has 4 rings (SSSR count). The average Bonchev–Trinajstić information content (AvgIpc) is 3.38. The molecule has 0 saturated carbocycles. The van der Waals surface area contributed by atoms with Crippen molar-refractivity contribution in [3.8, 4) is 17.3 Å². The maximum absolute atomic E-state index is 12.9. The van der Waals surface area contributed by atoms with Crippen LogP contribution in [0.3, 0.4) is 0 Å². The molecule has 0 aliphatic carbocycles. The number of aromatic nitrogens is 3. The second kappa shape index (κ2) is 7.30. The molecule has 0 atom stereocenters. The summed E-state index contributed by atoms with van der Waals surface area (Å²) in [4.78, 5) is 23.6. The van der Waals surface area contributed by atoms with Gasteiger partial charge in [-0.25, -0.2) is 4.98 Å². The number of H-pyrrole nitrogens is 2. The predicted octanol–water partition coefficient (Wildman–Crippen LogP) is 2.78. The molecular formula is C21H19N3O4. The second-order valence-corrected chi connectivity index (χ2v) is 6.37. The molecule has 0 saturated heterocycles. The third kappa shape index (κ3) is 3.06. The Kier molecular flexibility index (Phi) is 4.68. The number of ether oxygens (including phenoxy) is 1. The monoisotopic (exact) mass is 377 g/mol. The number of benzene rings is 2. The maximum atomic E-state index is 12.9. The average molecular weight is 377 g/mol. The third-order valence-electron chi connectivity index (χ3n) is 4.71. The fourth-order valence-corrected chi connectivity index (χ4v) is 3.26.